The van der Waals surface area contributed by atoms with Crippen LogP contribution in [0.4, 0.5) is 5.69 Å². The van der Waals surface area contributed by atoms with Gasteiger partial charge in [-0.15, -0.1) is 0 Å². The van der Waals surface area contributed by atoms with Gasteiger partial charge in [-0.3, -0.25) is 0 Å². The smallest absolute Gasteiger partial charge is 0.118 e. The lowest BCUT2D eigenvalue weighted by molar-refractivity contribution is 0.414. The molecule has 0 bridgehead atoms. The maximum absolute atomic E-state index is 5.13. The van der Waals surface area contributed by atoms with E-state index in [-0.39, 0.29) is 0 Å². The zero-order chi connectivity index (χ0) is 12.1. The first-order valence-corrected chi connectivity index (χ1v) is 6.48. The van der Waals surface area contributed by atoms with Crippen molar-refractivity contribution in [2.75, 3.05) is 12.4 Å². The van der Waals surface area contributed by atoms with Gasteiger partial charge in [0.25, 0.3) is 0 Å². The second-order valence-electron chi connectivity index (χ2n) is 3.71. The average molecular weight is 339 g/mol. The van der Waals surface area contributed by atoms with E-state index in [1.807, 2.05) is 12.1 Å². The topological polar surface area (TPSA) is 21.3 Å². The van der Waals surface area contributed by atoms with Gasteiger partial charge in [-0.25, -0.2) is 0 Å². The van der Waals surface area contributed by atoms with E-state index in [1.54, 1.807) is 7.11 Å². The highest BCUT2D eigenvalue weighted by Gasteiger charge is 1.96. The molecule has 0 unspecified atom stereocenters. The highest BCUT2D eigenvalue weighted by atomic mass is 127. The molecule has 0 aromatic heterocycles. The summed E-state index contributed by atoms with van der Waals surface area (Å²) in [5, 5.41) is 3.39. The Bertz CT molecular complexity index is 482. The Kier molecular flexibility index (Phi) is 4.25. The minimum atomic E-state index is 0.823. The molecule has 0 saturated carbocycles. The van der Waals surface area contributed by atoms with Gasteiger partial charge in [0, 0.05) is 15.8 Å². The highest BCUT2D eigenvalue weighted by molar-refractivity contribution is 14.1. The second-order valence-corrected chi connectivity index (χ2v) is 4.96. The molecule has 17 heavy (non-hydrogen) atoms. The van der Waals surface area contributed by atoms with E-state index in [0.717, 1.165) is 18.0 Å². The average Bonchev–Trinajstić information content (AvgIpc) is 2.37. The van der Waals surface area contributed by atoms with Crippen molar-refractivity contribution in [3.8, 4) is 5.75 Å². The molecule has 2 rings (SSSR count). The van der Waals surface area contributed by atoms with E-state index in [9.17, 15) is 0 Å². The third-order valence-electron chi connectivity index (χ3n) is 2.48. The molecule has 0 heterocycles. The molecule has 0 saturated heterocycles. The summed E-state index contributed by atoms with van der Waals surface area (Å²) in [7, 11) is 1.68. The largest absolute Gasteiger partial charge is 0.497 e. The number of benzene rings is 2. The van der Waals surface area contributed by atoms with Crippen LogP contribution in [-0.4, -0.2) is 7.11 Å². The van der Waals surface area contributed by atoms with Crippen LogP contribution in [0.15, 0.2) is 48.5 Å². The number of halogens is 1. The molecule has 0 spiro atoms. The molecule has 2 nitrogen and oxygen atoms in total. The first kappa shape index (κ1) is 12.2. The number of ether oxygens (including phenoxy) is 1. The quantitative estimate of drug-likeness (QED) is 0.853. The molecule has 1 N–H and O–H groups in total. The van der Waals surface area contributed by atoms with Crippen LogP contribution in [0.1, 0.15) is 5.56 Å². The van der Waals surface area contributed by atoms with Crippen LogP contribution in [0.25, 0.3) is 0 Å². The van der Waals surface area contributed by atoms with Crippen molar-refractivity contribution in [3.05, 3.63) is 57.7 Å². The van der Waals surface area contributed by atoms with E-state index in [2.05, 4.69) is 64.3 Å². The molecular weight excluding hydrogens is 325 g/mol. The predicted molar refractivity (Wildman–Crippen MR) is 79.5 cm³/mol. The Morgan fingerprint density at radius 2 is 1.88 bits per heavy atom. The lowest BCUT2D eigenvalue weighted by atomic mass is 10.2. The van der Waals surface area contributed by atoms with Crippen molar-refractivity contribution in [3.63, 3.8) is 0 Å². The van der Waals surface area contributed by atoms with Gasteiger partial charge < -0.3 is 10.1 Å². The number of rotatable bonds is 4. The normalized spacial score (nSPS) is 10.0. The number of methoxy groups -OCH3 is 1. The molecule has 88 valence electrons. The van der Waals surface area contributed by atoms with Crippen LogP contribution in [0, 0.1) is 3.57 Å². The maximum atomic E-state index is 5.13. The number of hydrogen-bond acceptors (Lipinski definition) is 2. The van der Waals surface area contributed by atoms with E-state index in [1.165, 1.54) is 9.13 Å². The Labute approximate surface area is 115 Å². The van der Waals surface area contributed by atoms with Crippen molar-refractivity contribution in [2.24, 2.45) is 0 Å². The van der Waals surface area contributed by atoms with Crippen molar-refractivity contribution in [2.45, 2.75) is 6.54 Å². The predicted octanol–water partition coefficient (Wildman–Crippen LogP) is 3.91. The SMILES string of the molecule is COc1ccc(CNc2cccc(I)c2)cc1. The van der Waals surface area contributed by atoms with Crippen LogP contribution in [0.3, 0.4) is 0 Å². The molecular formula is C14H14INO. The zero-order valence-corrected chi connectivity index (χ0v) is 11.8. The molecule has 2 aromatic rings. The molecule has 0 radical (unpaired) electrons. The third kappa shape index (κ3) is 3.63. The Morgan fingerprint density at radius 1 is 1.12 bits per heavy atom. The van der Waals surface area contributed by atoms with E-state index in [4.69, 9.17) is 4.74 Å². The maximum Gasteiger partial charge on any atom is 0.118 e. The summed E-state index contributed by atoms with van der Waals surface area (Å²) in [5.41, 5.74) is 2.39. The Hall–Kier alpha value is -1.23. The van der Waals surface area contributed by atoms with Crippen molar-refractivity contribution in [1.29, 1.82) is 0 Å². The molecule has 3 heteroatoms. The van der Waals surface area contributed by atoms with Gasteiger partial charge in [0.1, 0.15) is 5.75 Å². The van der Waals surface area contributed by atoms with Gasteiger partial charge in [-0.2, -0.15) is 0 Å². The van der Waals surface area contributed by atoms with Gasteiger partial charge in [0.2, 0.25) is 0 Å². The standard InChI is InChI=1S/C14H14INO/c1-17-14-7-5-11(6-8-14)10-16-13-4-2-3-12(15)9-13/h2-9,16H,10H2,1H3. The molecule has 0 fully saturated rings. The number of anilines is 1. The van der Waals surface area contributed by atoms with Gasteiger partial charge in [-0.1, -0.05) is 18.2 Å². The minimum Gasteiger partial charge on any atom is -0.497 e. The summed E-state index contributed by atoms with van der Waals surface area (Å²) in [6, 6.07) is 16.4. The lowest BCUT2D eigenvalue weighted by Gasteiger charge is -2.07. The first-order valence-electron chi connectivity index (χ1n) is 5.40. The van der Waals surface area contributed by atoms with Crippen LogP contribution in [0.5, 0.6) is 5.75 Å². The highest BCUT2D eigenvalue weighted by Crippen LogP contribution is 2.15. The van der Waals surface area contributed by atoms with Crippen LogP contribution >= 0.6 is 22.6 Å². The van der Waals surface area contributed by atoms with Crippen LogP contribution in [0.2, 0.25) is 0 Å². The first-order chi connectivity index (χ1) is 8.28. The number of hydrogen-bond donors (Lipinski definition) is 1. The summed E-state index contributed by atoms with van der Waals surface area (Å²) in [4.78, 5) is 0. The van der Waals surface area contributed by atoms with Gasteiger partial charge >= 0.3 is 0 Å². The van der Waals surface area contributed by atoms with Crippen molar-refractivity contribution in [1.82, 2.24) is 0 Å². The minimum absolute atomic E-state index is 0.823. The van der Waals surface area contributed by atoms with Crippen molar-refractivity contribution >= 4 is 28.3 Å². The number of nitrogens with one attached hydrogen (secondary N) is 1. The Balaban J connectivity index is 1.97. The summed E-state index contributed by atoms with van der Waals surface area (Å²) in [5.74, 6) is 0.892. The van der Waals surface area contributed by atoms with E-state index >= 15 is 0 Å². The lowest BCUT2D eigenvalue weighted by Crippen LogP contribution is -1.99. The van der Waals surface area contributed by atoms with E-state index < -0.39 is 0 Å². The fourth-order valence-electron chi connectivity index (χ4n) is 1.55. The van der Waals surface area contributed by atoms with Gasteiger partial charge in [0.05, 0.1) is 7.11 Å². The molecule has 0 aliphatic carbocycles. The van der Waals surface area contributed by atoms with Gasteiger partial charge in [-0.05, 0) is 58.5 Å². The monoisotopic (exact) mass is 339 g/mol. The second kappa shape index (κ2) is 5.91. The summed E-state index contributed by atoms with van der Waals surface area (Å²) < 4.78 is 6.36. The van der Waals surface area contributed by atoms with E-state index in [0.29, 0.717) is 0 Å². The summed E-state index contributed by atoms with van der Waals surface area (Å²) in [6.45, 7) is 0.823. The molecule has 0 amide bonds. The fraction of sp³-hybridized carbons (Fsp3) is 0.143. The zero-order valence-electron chi connectivity index (χ0n) is 9.61. The molecule has 2 aromatic carbocycles. The molecule has 0 aliphatic rings. The third-order valence-corrected chi connectivity index (χ3v) is 3.15. The molecule has 0 atom stereocenters. The summed E-state index contributed by atoms with van der Waals surface area (Å²) >= 11 is 2.31. The Morgan fingerprint density at radius 3 is 2.53 bits per heavy atom. The van der Waals surface area contributed by atoms with Crippen LogP contribution < -0.4 is 10.1 Å². The summed E-state index contributed by atoms with van der Waals surface area (Å²) in [6.07, 6.45) is 0. The fourth-order valence-corrected chi connectivity index (χ4v) is 2.09. The van der Waals surface area contributed by atoms with Crippen molar-refractivity contribution < 1.29 is 4.74 Å². The van der Waals surface area contributed by atoms with Gasteiger partial charge in [0.15, 0.2) is 0 Å². The molecule has 0 aliphatic heterocycles. The van der Waals surface area contributed by atoms with Crippen LogP contribution in [-0.2, 0) is 6.54 Å².